The first-order valence-corrected chi connectivity index (χ1v) is 17.8. The second kappa shape index (κ2) is 19.0. The third kappa shape index (κ3) is 9.58. The number of fused-ring (bicyclic) bond motifs is 1. The van der Waals surface area contributed by atoms with Gasteiger partial charge in [-0.25, -0.2) is 0 Å². The van der Waals surface area contributed by atoms with Gasteiger partial charge in [-0.2, -0.15) is 0 Å². The molecule has 44 heavy (non-hydrogen) atoms. The summed E-state index contributed by atoms with van der Waals surface area (Å²) in [5.41, 5.74) is 1.81. The number of benzene rings is 2. The Morgan fingerprint density at radius 1 is 0.727 bits per heavy atom. The fraction of sp³-hybridized carbons (Fsp3) is 0.622. The fourth-order valence-corrected chi connectivity index (χ4v) is 6.71. The standard InChI is InChI=1S/C37H54O6S/c1-5-9-20-39-26-30-35(40-21-10-6-2)37(42-23-12-8-4)36(41-22-11-7-3)34(43-30)29-18-15-17-28(24-29)33(38)32-25-27-16-13-14-19-31(27)44-32/h13-19,24-25,30,33-38H,5-12,20-23,26H2,1-4H3/t30?,33?,34?,35-,36+,37?/m1/s1. The molecule has 0 aliphatic carbocycles. The van der Waals surface area contributed by atoms with Crippen LogP contribution in [0.3, 0.4) is 0 Å². The highest BCUT2D eigenvalue weighted by atomic mass is 32.1. The van der Waals surface area contributed by atoms with Gasteiger partial charge in [-0.15, -0.1) is 11.3 Å². The molecule has 0 amide bonds. The number of hydrogen-bond donors (Lipinski definition) is 1. The predicted octanol–water partition coefficient (Wildman–Crippen LogP) is 8.80. The van der Waals surface area contributed by atoms with Gasteiger partial charge in [0.05, 0.1) is 6.61 Å². The molecule has 244 valence electrons. The molecule has 0 radical (unpaired) electrons. The Morgan fingerprint density at radius 3 is 2.05 bits per heavy atom. The summed E-state index contributed by atoms with van der Waals surface area (Å²) < 4.78 is 34.1. The van der Waals surface area contributed by atoms with Crippen LogP contribution in [0.1, 0.15) is 107 Å². The van der Waals surface area contributed by atoms with E-state index < -0.39 is 6.10 Å². The molecular formula is C37H54O6S. The van der Waals surface area contributed by atoms with Crippen LogP contribution in [0, 0.1) is 0 Å². The third-order valence-electron chi connectivity index (χ3n) is 8.25. The first-order chi connectivity index (χ1) is 21.6. The van der Waals surface area contributed by atoms with E-state index in [1.807, 2.05) is 24.3 Å². The summed E-state index contributed by atoms with van der Waals surface area (Å²) in [6.07, 6.45) is 5.77. The van der Waals surface area contributed by atoms with Crippen LogP contribution < -0.4 is 0 Å². The average Bonchev–Trinajstić information content (AvgIpc) is 3.49. The normalized spacial score (nSPS) is 22.9. The van der Waals surface area contributed by atoms with Gasteiger partial charge in [-0.1, -0.05) is 95.8 Å². The van der Waals surface area contributed by atoms with E-state index >= 15 is 0 Å². The molecule has 0 bridgehead atoms. The first-order valence-electron chi connectivity index (χ1n) is 17.0. The Balaban J connectivity index is 1.67. The molecule has 4 rings (SSSR count). The van der Waals surface area contributed by atoms with Crippen molar-refractivity contribution in [2.45, 2.75) is 116 Å². The van der Waals surface area contributed by atoms with Gasteiger partial charge in [0.2, 0.25) is 0 Å². The molecule has 1 aromatic heterocycles. The molecule has 6 atom stereocenters. The lowest BCUT2D eigenvalue weighted by Crippen LogP contribution is -2.58. The van der Waals surface area contributed by atoms with Gasteiger partial charge >= 0.3 is 0 Å². The van der Waals surface area contributed by atoms with E-state index in [9.17, 15) is 5.11 Å². The second-order valence-corrected chi connectivity index (χ2v) is 13.0. The molecule has 0 spiro atoms. The van der Waals surface area contributed by atoms with Crippen molar-refractivity contribution in [1.29, 1.82) is 0 Å². The zero-order valence-electron chi connectivity index (χ0n) is 27.2. The lowest BCUT2D eigenvalue weighted by Gasteiger charge is -2.46. The Morgan fingerprint density at radius 2 is 1.36 bits per heavy atom. The van der Waals surface area contributed by atoms with E-state index in [0.717, 1.165) is 72.8 Å². The van der Waals surface area contributed by atoms with Crippen molar-refractivity contribution in [3.05, 3.63) is 70.6 Å². The van der Waals surface area contributed by atoms with Crippen LogP contribution >= 0.6 is 11.3 Å². The van der Waals surface area contributed by atoms with E-state index in [0.29, 0.717) is 33.0 Å². The molecule has 7 heteroatoms. The van der Waals surface area contributed by atoms with E-state index in [1.54, 1.807) is 11.3 Å². The van der Waals surface area contributed by atoms with Gasteiger partial charge < -0.3 is 28.8 Å². The van der Waals surface area contributed by atoms with Crippen LogP contribution in [0.2, 0.25) is 0 Å². The van der Waals surface area contributed by atoms with Crippen LogP contribution in [0.25, 0.3) is 10.1 Å². The molecule has 4 unspecified atom stereocenters. The maximum atomic E-state index is 11.5. The van der Waals surface area contributed by atoms with Crippen molar-refractivity contribution >= 4 is 21.4 Å². The topological polar surface area (TPSA) is 66.4 Å². The highest BCUT2D eigenvalue weighted by Crippen LogP contribution is 2.40. The minimum atomic E-state index is -0.731. The molecule has 1 aliphatic rings. The summed E-state index contributed by atoms with van der Waals surface area (Å²) in [6.45, 7) is 11.7. The molecule has 3 aromatic rings. The fourth-order valence-electron chi connectivity index (χ4n) is 5.64. The predicted molar refractivity (Wildman–Crippen MR) is 180 cm³/mol. The van der Waals surface area contributed by atoms with Gasteiger partial charge in [0.25, 0.3) is 0 Å². The molecule has 6 nitrogen and oxygen atoms in total. The zero-order chi connectivity index (χ0) is 31.1. The van der Waals surface area contributed by atoms with Crippen LogP contribution in [0.5, 0.6) is 0 Å². The molecular weight excluding hydrogens is 572 g/mol. The minimum absolute atomic E-state index is 0.296. The molecule has 2 aromatic carbocycles. The summed E-state index contributed by atoms with van der Waals surface area (Å²) in [5, 5.41) is 12.7. The van der Waals surface area contributed by atoms with Gasteiger partial charge in [0.15, 0.2) is 0 Å². The monoisotopic (exact) mass is 626 g/mol. The number of unbranched alkanes of at least 4 members (excludes halogenated alkanes) is 4. The SMILES string of the molecule is CCCCOCC1OC(c2cccc(C(O)c3cc4ccccc4s3)c2)[C@H](OCCCC)C(OCCCC)[C@@H]1OCCCC. The van der Waals surface area contributed by atoms with Crippen molar-refractivity contribution in [1.82, 2.24) is 0 Å². The Kier molecular flexibility index (Phi) is 15.1. The Hall–Kier alpha value is -1.84. The van der Waals surface area contributed by atoms with Crippen LogP contribution in [0.15, 0.2) is 54.6 Å². The molecule has 1 fully saturated rings. The van der Waals surface area contributed by atoms with E-state index in [1.165, 1.54) is 4.70 Å². The van der Waals surface area contributed by atoms with Crippen molar-refractivity contribution < 1.29 is 28.8 Å². The van der Waals surface area contributed by atoms with Gasteiger partial charge in [0, 0.05) is 36.0 Å². The van der Waals surface area contributed by atoms with E-state index in [4.69, 9.17) is 23.7 Å². The lowest BCUT2D eigenvalue weighted by atomic mass is 9.89. The first kappa shape index (κ1) is 35.0. The molecule has 1 N–H and O–H groups in total. The van der Waals surface area contributed by atoms with Crippen molar-refractivity contribution in [3.63, 3.8) is 0 Å². The summed E-state index contributed by atoms with van der Waals surface area (Å²) in [4.78, 5) is 0.927. The molecule has 1 saturated heterocycles. The smallest absolute Gasteiger partial charge is 0.117 e. The average molecular weight is 627 g/mol. The molecule has 0 saturated carbocycles. The van der Waals surface area contributed by atoms with Crippen molar-refractivity contribution in [2.24, 2.45) is 0 Å². The quantitative estimate of drug-likeness (QED) is 0.127. The number of hydrogen-bond acceptors (Lipinski definition) is 7. The van der Waals surface area contributed by atoms with E-state index in [-0.39, 0.29) is 30.5 Å². The molecule has 1 aliphatic heterocycles. The summed E-state index contributed by atoms with van der Waals surface area (Å²) >= 11 is 1.63. The van der Waals surface area contributed by atoms with E-state index in [2.05, 4.69) is 58.0 Å². The Bertz CT molecular complexity index is 1180. The lowest BCUT2D eigenvalue weighted by molar-refractivity contribution is -0.268. The van der Waals surface area contributed by atoms with Gasteiger partial charge in [-0.05, 0) is 54.3 Å². The largest absolute Gasteiger partial charge is 0.383 e. The molecule has 2 heterocycles. The van der Waals surface area contributed by atoms with Gasteiger partial charge in [-0.3, -0.25) is 0 Å². The zero-order valence-corrected chi connectivity index (χ0v) is 28.1. The minimum Gasteiger partial charge on any atom is -0.383 e. The second-order valence-electron chi connectivity index (χ2n) is 11.8. The summed E-state index contributed by atoms with van der Waals surface area (Å²) in [7, 11) is 0. The summed E-state index contributed by atoms with van der Waals surface area (Å²) in [5.74, 6) is 0. The number of thiophene rings is 1. The highest BCUT2D eigenvalue weighted by molar-refractivity contribution is 7.19. The van der Waals surface area contributed by atoms with Crippen molar-refractivity contribution in [2.75, 3.05) is 33.0 Å². The summed E-state index contributed by atoms with van der Waals surface area (Å²) in [6, 6.07) is 18.5. The Labute approximate surface area is 269 Å². The third-order valence-corrected chi connectivity index (χ3v) is 9.42. The number of aliphatic hydroxyl groups excluding tert-OH is 1. The number of rotatable bonds is 20. The number of aliphatic hydroxyl groups is 1. The van der Waals surface area contributed by atoms with Crippen molar-refractivity contribution in [3.8, 4) is 0 Å². The maximum Gasteiger partial charge on any atom is 0.117 e. The van der Waals surface area contributed by atoms with Crippen LogP contribution in [-0.2, 0) is 23.7 Å². The highest BCUT2D eigenvalue weighted by Gasteiger charge is 2.48. The van der Waals surface area contributed by atoms with Crippen LogP contribution in [0.4, 0.5) is 0 Å². The van der Waals surface area contributed by atoms with Gasteiger partial charge in [0.1, 0.15) is 36.6 Å². The maximum absolute atomic E-state index is 11.5. The van der Waals surface area contributed by atoms with Crippen LogP contribution in [-0.4, -0.2) is 62.6 Å². The number of ether oxygens (including phenoxy) is 5.